The van der Waals surface area contributed by atoms with Gasteiger partial charge in [0.2, 0.25) is 10.0 Å². The Hall–Kier alpha value is -0.400. The third-order valence-corrected chi connectivity index (χ3v) is 5.12. The normalized spacial score (nSPS) is 12.7. The van der Waals surface area contributed by atoms with Crippen molar-refractivity contribution >= 4 is 32.6 Å². The van der Waals surface area contributed by atoms with Crippen molar-refractivity contribution < 1.29 is 8.42 Å². The first kappa shape index (κ1) is 16.7. The van der Waals surface area contributed by atoms with E-state index < -0.39 is 10.0 Å². The summed E-state index contributed by atoms with van der Waals surface area (Å²) in [5.74, 6) is 0. The van der Waals surface area contributed by atoms with E-state index in [0.29, 0.717) is 11.4 Å². The van der Waals surface area contributed by atoms with Gasteiger partial charge in [-0.2, -0.15) is 0 Å². The lowest BCUT2D eigenvalue weighted by Crippen LogP contribution is -2.25. The smallest absolute Gasteiger partial charge is 0.207 e. The number of benzene rings is 1. The number of sulfonamides is 1. The van der Waals surface area contributed by atoms with Crippen LogP contribution in [-0.4, -0.2) is 15.0 Å². The van der Waals surface area contributed by atoms with Gasteiger partial charge in [-0.15, -0.1) is 0 Å². The van der Waals surface area contributed by atoms with Crippen LogP contribution in [0.3, 0.4) is 0 Å². The van der Waals surface area contributed by atoms with Crippen LogP contribution >= 0.6 is 22.6 Å². The molecule has 1 N–H and O–H groups in total. The minimum absolute atomic E-state index is 0.321. The standard InChI is InChI=1S/C14H20INO2S/c1-3-4-5-13(10-15)11-16-19(17,18)14-8-6-12(2)7-9-14/h6-10,16H,3-5,11H2,1-2H3/b13-10-. The van der Waals surface area contributed by atoms with Gasteiger partial charge in [0.15, 0.2) is 0 Å². The van der Waals surface area contributed by atoms with Crippen LogP contribution < -0.4 is 4.72 Å². The van der Waals surface area contributed by atoms with E-state index in [-0.39, 0.29) is 0 Å². The molecular weight excluding hydrogens is 373 g/mol. The van der Waals surface area contributed by atoms with Gasteiger partial charge in [0.25, 0.3) is 0 Å². The molecule has 1 aromatic carbocycles. The van der Waals surface area contributed by atoms with E-state index in [1.807, 2.05) is 11.0 Å². The molecule has 0 heterocycles. The second-order valence-corrected chi connectivity index (χ2v) is 6.90. The van der Waals surface area contributed by atoms with Crippen LogP contribution in [0, 0.1) is 6.92 Å². The number of aryl methyl sites for hydroxylation is 1. The fourth-order valence-corrected chi connectivity index (χ4v) is 3.14. The zero-order valence-corrected chi connectivity index (χ0v) is 14.3. The van der Waals surface area contributed by atoms with Gasteiger partial charge in [-0.25, -0.2) is 13.1 Å². The Morgan fingerprint density at radius 1 is 1.32 bits per heavy atom. The monoisotopic (exact) mass is 393 g/mol. The summed E-state index contributed by atoms with van der Waals surface area (Å²) in [6.07, 6.45) is 3.13. The number of unbranched alkanes of at least 4 members (excludes halogenated alkanes) is 1. The number of halogens is 1. The number of nitrogens with one attached hydrogen (secondary N) is 1. The third-order valence-electron chi connectivity index (χ3n) is 2.83. The molecule has 0 atom stereocenters. The lowest BCUT2D eigenvalue weighted by atomic mass is 10.1. The molecule has 0 unspecified atom stereocenters. The number of rotatable bonds is 7. The van der Waals surface area contributed by atoms with Gasteiger partial charge in [-0.1, -0.05) is 53.6 Å². The summed E-state index contributed by atoms with van der Waals surface area (Å²) >= 11 is 2.16. The quantitative estimate of drug-likeness (QED) is 0.717. The largest absolute Gasteiger partial charge is 0.240 e. The van der Waals surface area contributed by atoms with Gasteiger partial charge in [-0.3, -0.25) is 0 Å². The van der Waals surface area contributed by atoms with E-state index in [4.69, 9.17) is 0 Å². The maximum atomic E-state index is 12.1. The summed E-state index contributed by atoms with van der Waals surface area (Å²) in [5, 5.41) is 0. The average molecular weight is 393 g/mol. The maximum absolute atomic E-state index is 12.1. The highest BCUT2D eigenvalue weighted by molar-refractivity contribution is 14.1. The van der Waals surface area contributed by atoms with E-state index >= 15 is 0 Å². The first-order chi connectivity index (χ1) is 8.99. The zero-order chi connectivity index (χ0) is 14.3. The molecule has 1 aromatic rings. The van der Waals surface area contributed by atoms with E-state index in [2.05, 4.69) is 34.2 Å². The first-order valence-electron chi connectivity index (χ1n) is 6.34. The fraction of sp³-hybridized carbons (Fsp3) is 0.429. The van der Waals surface area contributed by atoms with Crippen molar-refractivity contribution in [3.05, 3.63) is 39.5 Å². The molecule has 0 amide bonds. The molecule has 19 heavy (non-hydrogen) atoms. The molecule has 0 aliphatic heterocycles. The van der Waals surface area contributed by atoms with Crippen LogP contribution in [0.1, 0.15) is 31.7 Å². The predicted octanol–water partition coefficient (Wildman–Crippen LogP) is 3.78. The summed E-state index contributed by atoms with van der Waals surface area (Å²) in [6, 6.07) is 6.88. The van der Waals surface area contributed by atoms with Crippen molar-refractivity contribution in [1.82, 2.24) is 4.72 Å². The summed E-state index contributed by atoms with van der Waals surface area (Å²) in [6.45, 7) is 4.45. The molecule has 0 spiro atoms. The van der Waals surface area contributed by atoms with E-state index in [1.54, 1.807) is 24.3 Å². The summed E-state index contributed by atoms with van der Waals surface area (Å²) in [4.78, 5) is 0.321. The fourth-order valence-electron chi connectivity index (χ4n) is 1.57. The highest BCUT2D eigenvalue weighted by Gasteiger charge is 2.13. The molecule has 0 saturated carbocycles. The molecule has 0 saturated heterocycles. The maximum Gasteiger partial charge on any atom is 0.240 e. The molecule has 106 valence electrons. The minimum atomic E-state index is -3.40. The number of hydrogen-bond acceptors (Lipinski definition) is 2. The Kier molecular flexibility index (Phi) is 7.02. The Labute approximate surface area is 129 Å². The minimum Gasteiger partial charge on any atom is -0.207 e. The van der Waals surface area contributed by atoms with Crippen LogP contribution in [0.4, 0.5) is 0 Å². The lowest BCUT2D eigenvalue weighted by Gasteiger charge is -2.09. The molecule has 1 rings (SSSR count). The second kappa shape index (κ2) is 8.01. The van der Waals surface area contributed by atoms with Crippen molar-refractivity contribution in [2.45, 2.75) is 38.0 Å². The van der Waals surface area contributed by atoms with E-state index in [0.717, 1.165) is 30.4 Å². The van der Waals surface area contributed by atoms with Crippen molar-refractivity contribution in [2.75, 3.05) is 6.54 Å². The Bertz CT molecular complexity index is 521. The van der Waals surface area contributed by atoms with Gasteiger partial charge in [0, 0.05) is 6.54 Å². The van der Waals surface area contributed by atoms with Crippen molar-refractivity contribution in [1.29, 1.82) is 0 Å². The molecule has 0 aliphatic carbocycles. The van der Waals surface area contributed by atoms with Crippen LogP contribution in [-0.2, 0) is 10.0 Å². The topological polar surface area (TPSA) is 46.2 Å². The predicted molar refractivity (Wildman–Crippen MR) is 88.0 cm³/mol. The number of hydrogen-bond donors (Lipinski definition) is 1. The zero-order valence-electron chi connectivity index (χ0n) is 11.3. The molecule has 0 bridgehead atoms. The molecule has 3 nitrogen and oxygen atoms in total. The Balaban J connectivity index is 2.67. The van der Waals surface area contributed by atoms with Crippen LogP contribution in [0.15, 0.2) is 38.8 Å². The molecule has 0 aliphatic rings. The lowest BCUT2D eigenvalue weighted by molar-refractivity contribution is 0.583. The van der Waals surface area contributed by atoms with Gasteiger partial charge >= 0.3 is 0 Å². The van der Waals surface area contributed by atoms with Crippen molar-refractivity contribution in [2.24, 2.45) is 0 Å². The van der Waals surface area contributed by atoms with Gasteiger partial charge in [-0.05, 0) is 41.6 Å². The molecule has 0 aromatic heterocycles. The van der Waals surface area contributed by atoms with Crippen molar-refractivity contribution in [3.8, 4) is 0 Å². The average Bonchev–Trinajstić information content (AvgIpc) is 2.39. The van der Waals surface area contributed by atoms with Crippen LogP contribution in [0.25, 0.3) is 0 Å². The Morgan fingerprint density at radius 2 is 1.95 bits per heavy atom. The van der Waals surface area contributed by atoms with Crippen LogP contribution in [0.2, 0.25) is 0 Å². The van der Waals surface area contributed by atoms with E-state index in [1.165, 1.54) is 0 Å². The summed E-state index contributed by atoms with van der Waals surface area (Å²) in [7, 11) is -3.40. The van der Waals surface area contributed by atoms with Gasteiger partial charge in [0.1, 0.15) is 0 Å². The Morgan fingerprint density at radius 3 is 2.47 bits per heavy atom. The van der Waals surface area contributed by atoms with E-state index in [9.17, 15) is 8.42 Å². The second-order valence-electron chi connectivity index (χ2n) is 4.51. The molecule has 0 radical (unpaired) electrons. The molecule has 5 heteroatoms. The van der Waals surface area contributed by atoms with Gasteiger partial charge in [0.05, 0.1) is 4.90 Å². The third kappa shape index (κ3) is 5.62. The van der Waals surface area contributed by atoms with Gasteiger partial charge < -0.3 is 0 Å². The summed E-state index contributed by atoms with van der Waals surface area (Å²) in [5.41, 5.74) is 2.17. The summed E-state index contributed by atoms with van der Waals surface area (Å²) < 4.78 is 28.8. The first-order valence-corrected chi connectivity index (χ1v) is 9.07. The SMILES string of the molecule is CCCC/C(=C/I)CNS(=O)(=O)c1ccc(C)cc1. The molecular formula is C14H20INO2S. The highest BCUT2D eigenvalue weighted by Crippen LogP contribution is 2.13. The molecule has 0 fully saturated rings. The van der Waals surface area contributed by atoms with Crippen molar-refractivity contribution in [3.63, 3.8) is 0 Å². The van der Waals surface area contributed by atoms with Crippen LogP contribution in [0.5, 0.6) is 0 Å². The highest BCUT2D eigenvalue weighted by atomic mass is 127.